The first kappa shape index (κ1) is 14.7. The number of hydrogen-bond acceptors (Lipinski definition) is 4. The SMILES string of the molecule is CCCNC(Cc1ncnn1CC)c1ccc(C)nc1. The molecule has 0 aliphatic rings. The number of hydrogen-bond donors (Lipinski definition) is 1. The van der Waals surface area contributed by atoms with Crippen LogP contribution in [0.1, 0.15) is 43.4 Å². The van der Waals surface area contributed by atoms with Crippen molar-refractivity contribution in [1.82, 2.24) is 25.1 Å². The van der Waals surface area contributed by atoms with E-state index in [2.05, 4.69) is 46.4 Å². The molecule has 0 aromatic carbocycles. The monoisotopic (exact) mass is 273 g/mol. The Bertz CT molecular complexity index is 517. The molecular formula is C15H23N5. The van der Waals surface area contributed by atoms with E-state index in [0.717, 1.165) is 37.4 Å². The maximum absolute atomic E-state index is 4.40. The zero-order valence-corrected chi connectivity index (χ0v) is 12.5. The molecule has 0 fully saturated rings. The first-order valence-corrected chi connectivity index (χ1v) is 7.27. The molecule has 2 aromatic heterocycles. The Balaban J connectivity index is 2.17. The van der Waals surface area contributed by atoms with E-state index < -0.39 is 0 Å². The van der Waals surface area contributed by atoms with Gasteiger partial charge in [-0.2, -0.15) is 5.10 Å². The molecule has 1 unspecified atom stereocenters. The molecule has 0 saturated heterocycles. The van der Waals surface area contributed by atoms with Gasteiger partial charge in [0.05, 0.1) is 0 Å². The summed E-state index contributed by atoms with van der Waals surface area (Å²) < 4.78 is 1.95. The molecule has 2 aromatic rings. The molecule has 0 radical (unpaired) electrons. The lowest BCUT2D eigenvalue weighted by molar-refractivity contribution is 0.495. The topological polar surface area (TPSA) is 55.6 Å². The van der Waals surface area contributed by atoms with Crippen molar-refractivity contribution in [2.45, 2.75) is 46.2 Å². The summed E-state index contributed by atoms with van der Waals surface area (Å²) in [7, 11) is 0. The Kier molecular flexibility index (Phi) is 5.24. The molecule has 2 rings (SSSR count). The van der Waals surface area contributed by atoms with E-state index in [0.29, 0.717) is 0 Å². The van der Waals surface area contributed by atoms with E-state index in [4.69, 9.17) is 0 Å². The largest absolute Gasteiger partial charge is 0.310 e. The van der Waals surface area contributed by atoms with Crippen molar-refractivity contribution in [2.75, 3.05) is 6.54 Å². The molecule has 0 amide bonds. The van der Waals surface area contributed by atoms with E-state index in [-0.39, 0.29) is 6.04 Å². The van der Waals surface area contributed by atoms with Gasteiger partial charge in [-0.15, -0.1) is 0 Å². The zero-order valence-electron chi connectivity index (χ0n) is 12.5. The van der Waals surface area contributed by atoms with Crippen molar-refractivity contribution in [1.29, 1.82) is 0 Å². The second kappa shape index (κ2) is 7.14. The summed E-state index contributed by atoms with van der Waals surface area (Å²) in [6, 6.07) is 4.43. The fourth-order valence-electron chi connectivity index (χ4n) is 2.20. The third kappa shape index (κ3) is 3.63. The van der Waals surface area contributed by atoms with Gasteiger partial charge in [0.15, 0.2) is 0 Å². The summed E-state index contributed by atoms with van der Waals surface area (Å²) in [5, 5.41) is 7.81. The van der Waals surface area contributed by atoms with Gasteiger partial charge >= 0.3 is 0 Å². The van der Waals surface area contributed by atoms with Crippen molar-refractivity contribution in [3.05, 3.63) is 41.7 Å². The zero-order chi connectivity index (χ0) is 14.4. The predicted molar refractivity (Wildman–Crippen MR) is 79.4 cm³/mol. The van der Waals surface area contributed by atoms with Gasteiger partial charge in [-0.3, -0.25) is 9.67 Å². The van der Waals surface area contributed by atoms with E-state index in [9.17, 15) is 0 Å². The van der Waals surface area contributed by atoms with Crippen LogP contribution in [0.4, 0.5) is 0 Å². The Morgan fingerprint density at radius 2 is 2.10 bits per heavy atom. The molecular weight excluding hydrogens is 250 g/mol. The van der Waals surface area contributed by atoms with Crippen LogP contribution in [0.2, 0.25) is 0 Å². The van der Waals surface area contributed by atoms with E-state index in [1.54, 1.807) is 6.33 Å². The minimum absolute atomic E-state index is 0.234. The lowest BCUT2D eigenvalue weighted by Gasteiger charge is -2.18. The average molecular weight is 273 g/mol. The van der Waals surface area contributed by atoms with Gasteiger partial charge in [0.1, 0.15) is 12.2 Å². The number of rotatable bonds is 7. The number of aryl methyl sites for hydroxylation is 2. The Hall–Kier alpha value is -1.75. The number of nitrogens with one attached hydrogen (secondary N) is 1. The molecule has 0 saturated carbocycles. The first-order valence-electron chi connectivity index (χ1n) is 7.27. The third-order valence-electron chi connectivity index (χ3n) is 3.36. The molecule has 0 aliphatic carbocycles. The second-order valence-electron chi connectivity index (χ2n) is 4.94. The lowest BCUT2D eigenvalue weighted by atomic mass is 10.0. The summed E-state index contributed by atoms with van der Waals surface area (Å²) >= 11 is 0. The van der Waals surface area contributed by atoms with Gasteiger partial charge in [-0.05, 0) is 38.4 Å². The minimum atomic E-state index is 0.234. The maximum atomic E-state index is 4.40. The predicted octanol–water partition coefficient (Wildman–Crippen LogP) is 2.28. The van der Waals surface area contributed by atoms with Crippen LogP contribution in [0.3, 0.4) is 0 Å². The number of nitrogens with zero attached hydrogens (tertiary/aromatic N) is 4. The standard InChI is InChI=1S/C15H23N5/c1-4-8-16-14(13-7-6-12(3)17-10-13)9-15-18-11-19-20(15)5-2/h6-7,10-11,14,16H,4-5,8-9H2,1-3H3. The number of aromatic nitrogens is 4. The molecule has 1 N–H and O–H groups in total. The molecule has 5 heteroatoms. The van der Waals surface area contributed by atoms with Crippen molar-refractivity contribution in [3.8, 4) is 0 Å². The van der Waals surface area contributed by atoms with Gasteiger partial charge in [-0.25, -0.2) is 4.98 Å². The molecule has 1 atom stereocenters. The highest BCUT2D eigenvalue weighted by Crippen LogP contribution is 2.17. The molecule has 5 nitrogen and oxygen atoms in total. The van der Waals surface area contributed by atoms with Gasteiger partial charge < -0.3 is 5.32 Å². The van der Waals surface area contributed by atoms with Gasteiger partial charge in [0.25, 0.3) is 0 Å². The summed E-state index contributed by atoms with van der Waals surface area (Å²) in [4.78, 5) is 8.77. The molecule has 0 aliphatic heterocycles. The second-order valence-corrected chi connectivity index (χ2v) is 4.94. The highest BCUT2D eigenvalue weighted by molar-refractivity contribution is 5.18. The molecule has 108 valence electrons. The Morgan fingerprint density at radius 1 is 1.25 bits per heavy atom. The maximum Gasteiger partial charge on any atom is 0.138 e. The third-order valence-corrected chi connectivity index (χ3v) is 3.36. The Morgan fingerprint density at radius 3 is 2.75 bits per heavy atom. The lowest BCUT2D eigenvalue weighted by Crippen LogP contribution is -2.25. The highest BCUT2D eigenvalue weighted by atomic mass is 15.3. The van der Waals surface area contributed by atoms with Crippen molar-refractivity contribution in [3.63, 3.8) is 0 Å². The average Bonchev–Trinajstić information content (AvgIpc) is 2.91. The molecule has 2 heterocycles. The van der Waals surface area contributed by atoms with Gasteiger partial charge in [-0.1, -0.05) is 13.0 Å². The summed E-state index contributed by atoms with van der Waals surface area (Å²) in [6.45, 7) is 8.10. The van der Waals surface area contributed by atoms with E-state index in [1.165, 1.54) is 5.56 Å². The Labute approximate surface area is 120 Å². The molecule has 0 spiro atoms. The van der Waals surface area contributed by atoms with Crippen LogP contribution in [0, 0.1) is 6.92 Å². The van der Waals surface area contributed by atoms with E-state index >= 15 is 0 Å². The number of pyridine rings is 1. The van der Waals surface area contributed by atoms with Crippen LogP contribution in [0.15, 0.2) is 24.7 Å². The smallest absolute Gasteiger partial charge is 0.138 e. The fourth-order valence-corrected chi connectivity index (χ4v) is 2.20. The van der Waals surface area contributed by atoms with Crippen LogP contribution >= 0.6 is 0 Å². The van der Waals surface area contributed by atoms with Crippen molar-refractivity contribution >= 4 is 0 Å². The summed E-state index contributed by atoms with van der Waals surface area (Å²) in [5.41, 5.74) is 2.24. The van der Waals surface area contributed by atoms with Crippen LogP contribution < -0.4 is 5.32 Å². The van der Waals surface area contributed by atoms with Gasteiger partial charge in [0, 0.05) is 30.9 Å². The molecule has 0 bridgehead atoms. The van der Waals surface area contributed by atoms with Crippen LogP contribution in [0.5, 0.6) is 0 Å². The molecule has 20 heavy (non-hydrogen) atoms. The highest BCUT2D eigenvalue weighted by Gasteiger charge is 2.15. The summed E-state index contributed by atoms with van der Waals surface area (Å²) in [6.07, 6.45) is 5.52. The van der Waals surface area contributed by atoms with Crippen LogP contribution in [-0.2, 0) is 13.0 Å². The normalized spacial score (nSPS) is 12.6. The van der Waals surface area contributed by atoms with Crippen LogP contribution in [0.25, 0.3) is 0 Å². The minimum Gasteiger partial charge on any atom is -0.310 e. The first-order chi connectivity index (χ1) is 9.74. The fraction of sp³-hybridized carbons (Fsp3) is 0.533. The van der Waals surface area contributed by atoms with Gasteiger partial charge in [0.2, 0.25) is 0 Å². The summed E-state index contributed by atoms with van der Waals surface area (Å²) in [5.74, 6) is 1.02. The van der Waals surface area contributed by atoms with Crippen LogP contribution in [-0.4, -0.2) is 26.3 Å². The van der Waals surface area contributed by atoms with E-state index in [1.807, 2.05) is 17.8 Å². The van der Waals surface area contributed by atoms with Crippen molar-refractivity contribution < 1.29 is 0 Å². The quantitative estimate of drug-likeness (QED) is 0.841. The van der Waals surface area contributed by atoms with Crippen molar-refractivity contribution in [2.24, 2.45) is 0 Å².